The number of esters is 1. The molecule has 35 heavy (non-hydrogen) atoms. The molecule has 4 heterocycles. The van der Waals surface area contributed by atoms with Crippen molar-refractivity contribution >= 4 is 11.6 Å². The Morgan fingerprint density at radius 2 is 1.86 bits per heavy atom. The van der Waals surface area contributed by atoms with Crippen LogP contribution in [0.25, 0.3) is 16.9 Å². The summed E-state index contributed by atoms with van der Waals surface area (Å²) in [6.45, 7) is 2.39. The summed E-state index contributed by atoms with van der Waals surface area (Å²) >= 11 is 0. The fourth-order valence-corrected chi connectivity index (χ4v) is 5.21. The number of hydrogen-bond donors (Lipinski definition) is 0. The number of methoxy groups -OCH3 is 1. The Hall–Kier alpha value is -3.14. The molecular weight excluding hydrogens is 461 g/mol. The zero-order valence-corrected chi connectivity index (χ0v) is 19.4. The highest BCUT2D eigenvalue weighted by molar-refractivity contribution is 5.88. The standard InChI is InChI=1S/C25H27F3N4O3/c1-34-18-9-7-16(8-10-18)19-13-22(25(26,27)28)32-23(29-19)14-20(30-32)24(33)35-15-17-5-4-12-31-11-3-2-6-21(17)31/h7-10,13-14,17,21H,2-6,11-12,15H2,1H3. The summed E-state index contributed by atoms with van der Waals surface area (Å²) in [6, 6.07) is 9.12. The normalized spacial score (nSPS) is 21.0. The van der Waals surface area contributed by atoms with Crippen LogP contribution in [-0.2, 0) is 10.9 Å². The lowest BCUT2D eigenvalue weighted by Gasteiger charge is -2.44. The van der Waals surface area contributed by atoms with Gasteiger partial charge in [0, 0.05) is 23.6 Å². The van der Waals surface area contributed by atoms with Gasteiger partial charge in [0.15, 0.2) is 17.0 Å². The Kier molecular flexibility index (Phi) is 6.39. The number of alkyl halides is 3. The minimum absolute atomic E-state index is 0.0753. The Morgan fingerprint density at radius 3 is 2.60 bits per heavy atom. The van der Waals surface area contributed by atoms with Crippen LogP contribution < -0.4 is 4.74 Å². The molecule has 7 nitrogen and oxygen atoms in total. The first-order chi connectivity index (χ1) is 16.8. The van der Waals surface area contributed by atoms with Gasteiger partial charge in [-0.25, -0.2) is 14.3 Å². The number of ether oxygens (including phenoxy) is 2. The summed E-state index contributed by atoms with van der Waals surface area (Å²) in [6.07, 6.45) is 0.786. The average molecular weight is 489 g/mol. The second kappa shape index (κ2) is 9.49. The summed E-state index contributed by atoms with van der Waals surface area (Å²) in [7, 11) is 1.51. The molecule has 10 heteroatoms. The van der Waals surface area contributed by atoms with E-state index in [-0.39, 0.29) is 29.6 Å². The predicted octanol–water partition coefficient (Wildman–Crippen LogP) is 4.85. The third-order valence-electron chi connectivity index (χ3n) is 6.97. The van der Waals surface area contributed by atoms with E-state index in [1.807, 2.05) is 0 Å². The van der Waals surface area contributed by atoms with Gasteiger partial charge in [0.2, 0.25) is 0 Å². The topological polar surface area (TPSA) is 69.0 Å². The quantitative estimate of drug-likeness (QED) is 0.479. The molecule has 2 fully saturated rings. The molecule has 0 N–H and O–H groups in total. The Morgan fingerprint density at radius 1 is 1.09 bits per heavy atom. The van der Waals surface area contributed by atoms with E-state index in [2.05, 4.69) is 15.0 Å². The fraction of sp³-hybridized carbons (Fsp3) is 0.480. The molecule has 2 aliphatic heterocycles. The first-order valence-corrected chi connectivity index (χ1v) is 11.9. The molecule has 0 aliphatic carbocycles. The molecule has 0 saturated carbocycles. The molecule has 0 amide bonds. The molecule has 2 aliphatic rings. The molecule has 0 bridgehead atoms. The number of carbonyl (C=O) groups excluding carboxylic acids is 1. The third kappa shape index (κ3) is 4.84. The molecular formula is C25H27F3N4O3. The van der Waals surface area contributed by atoms with Crippen molar-refractivity contribution in [2.24, 2.45) is 5.92 Å². The number of benzene rings is 1. The zero-order valence-electron chi connectivity index (χ0n) is 19.4. The molecule has 0 spiro atoms. The summed E-state index contributed by atoms with van der Waals surface area (Å²) in [5.74, 6) is 0.0766. The van der Waals surface area contributed by atoms with Crippen LogP contribution in [0.3, 0.4) is 0 Å². The number of halogens is 3. The number of nitrogens with zero attached hydrogens (tertiary/aromatic N) is 4. The van der Waals surface area contributed by atoms with Gasteiger partial charge in [0.05, 0.1) is 19.4 Å². The molecule has 1 aromatic carbocycles. The summed E-state index contributed by atoms with van der Waals surface area (Å²) < 4.78 is 52.9. The van der Waals surface area contributed by atoms with Crippen molar-refractivity contribution in [3.8, 4) is 17.0 Å². The van der Waals surface area contributed by atoms with Gasteiger partial charge in [-0.3, -0.25) is 4.90 Å². The summed E-state index contributed by atoms with van der Waals surface area (Å²) in [4.78, 5) is 19.6. The molecule has 2 saturated heterocycles. The van der Waals surface area contributed by atoms with Crippen LogP contribution in [0, 0.1) is 5.92 Å². The van der Waals surface area contributed by atoms with Crippen LogP contribution in [0.4, 0.5) is 13.2 Å². The van der Waals surface area contributed by atoms with Crippen molar-refractivity contribution in [1.82, 2.24) is 19.5 Å². The highest BCUT2D eigenvalue weighted by atomic mass is 19.4. The van der Waals surface area contributed by atoms with Crippen LogP contribution in [0.1, 0.15) is 48.3 Å². The van der Waals surface area contributed by atoms with E-state index < -0.39 is 17.8 Å². The monoisotopic (exact) mass is 488 g/mol. The Balaban J connectivity index is 1.40. The highest BCUT2D eigenvalue weighted by Crippen LogP contribution is 2.33. The fourth-order valence-electron chi connectivity index (χ4n) is 5.21. The van der Waals surface area contributed by atoms with Gasteiger partial charge in [-0.1, -0.05) is 6.42 Å². The minimum atomic E-state index is -4.69. The maximum absolute atomic E-state index is 13.9. The van der Waals surface area contributed by atoms with Crippen LogP contribution >= 0.6 is 0 Å². The van der Waals surface area contributed by atoms with Crippen molar-refractivity contribution in [3.05, 3.63) is 47.8 Å². The lowest BCUT2D eigenvalue weighted by Crippen LogP contribution is -2.49. The van der Waals surface area contributed by atoms with Gasteiger partial charge in [-0.15, -0.1) is 0 Å². The van der Waals surface area contributed by atoms with Crippen molar-refractivity contribution in [3.63, 3.8) is 0 Å². The van der Waals surface area contributed by atoms with E-state index in [1.54, 1.807) is 24.3 Å². The largest absolute Gasteiger partial charge is 0.497 e. The third-order valence-corrected chi connectivity index (χ3v) is 6.97. The highest BCUT2D eigenvalue weighted by Gasteiger charge is 2.36. The first-order valence-electron chi connectivity index (χ1n) is 11.9. The van der Waals surface area contributed by atoms with Crippen LogP contribution in [0.5, 0.6) is 5.75 Å². The predicted molar refractivity (Wildman–Crippen MR) is 122 cm³/mol. The maximum atomic E-state index is 13.9. The van der Waals surface area contributed by atoms with E-state index in [0.29, 0.717) is 21.9 Å². The van der Waals surface area contributed by atoms with Crippen LogP contribution in [-0.4, -0.2) is 58.3 Å². The maximum Gasteiger partial charge on any atom is 0.433 e. The lowest BCUT2D eigenvalue weighted by molar-refractivity contribution is -0.142. The summed E-state index contributed by atoms with van der Waals surface area (Å²) in [5.41, 5.74) is -0.678. The van der Waals surface area contributed by atoms with Gasteiger partial charge in [-0.2, -0.15) is 18.3 Å². The van der Waals surface area contributed by atoms with E-state index in [1.165, 1.54) is 26.0 Å². The number of rotatable bonds is 5. The lowest BCUT2D eigenvalue weighted by atomic mass is 9.84. The second-order valence-corrected chi connectivity index (χ2v) is 9.15. The molecule has 3 aromatic rings. The minimum Gasteiger partial charge on any atom is -0.497 e. The Bertz CT molecular complexity index is 1210. The van der Waals surface area contributed by atoms with E-state index >= 15 is 0 Å². The smallest absolute Gasteiger partial charge is 0.433 e. The number of piperidine rings is 2. The van der Waals surface area contributed by atoms with E-state index in [9.17, 15) is 18.0 Å². The number of fused-ring (bicyclic) bond motifs is 2. The van der Waals surface area contributed by atoms with E-state index in [4.69, 9.17) is 9.47 Å². The average Bonchev–Trinajstić information content (AvgIpc) is 3.30. The van der Waals surface area contributed by atoms with Gasteiger partial charge in [-0.05, 0) is 69.1 Å². The molecule has 2 unspecified atom stereocenters. The molecule has 5 rings (SSSR count). The zero-order chi connectivity index (χ0) is 24.6. The molecule has 0 radical (unpaired) electrons. The van der Waals surface area contributed by atoms with Crippen molar-refractivity contribution < 1.29 is 27.4 Å². The van der Waals surface area contributed by atoms with Gasteiger partial charge in [0.25, 0.3) is 0 Å². The molecule has 2 atom stereocenters. The molecule has 2 aromatic heterocycles. The number of aromatic nitrogens is 3. The van der Waals surface area contributed by atoms with Crippen LogP contribution in [0.2, 0.25) is 0 Å². The van der Waals surface area contributed by atoms with Crippen molar-refractivity contribution in [2.75, 3.05) is 26.8 Å². The van der Waals surface area contributed by atoms with Crippen LogP contribution in [0.15, 0.2) is 36.4 Å². The van der Waals surface area contributed by atoms with Gasteiger partial charge < -0.3 is 9.47 Å². The summed E-state index contributed by atoms with van der Waals surface area (Å²) in [5, 5.41) is 3.92. The van der Waals surface area contributed by atoms with Gasteiger partial charge in [0.1, 0.15) is 5.75 Å². The SMILES string of the molecule is COc1ccc(-c2cc(C(F)(F)F)n3nc(C(=O)OCC4CCCN5CCCCC45)cc3n2)cc1. The number of carbonyl (C=O) groups is 1. The van der Waals surface area contributed by atoms with Gasteiger partial charge >= 0.3 is 12.1 Å². The number of hydrogen-bond acceptors (Lipinski definition) is 6. The molecule has 186 valence electrons. The van der Waals surface area contributed by atoms with Crippen molar-refractivity contribution in [2.45, 2.75) is 44.3 Å². The Labute approximate surface area is 200 Å². The second-order valence-electron chi connectivity index (χ2n) is 9.15. The first kappa shape index (κ1) is 23.6. The van der Waals surface area contributed by atoms with E-state index in [0.717, 1.165) is 38.4 Å². The van der Waals surface area contributed by atoms with Crippen molar-refractivity contribution in [1.29, 1.82) is 0 Å².